The molecule has 0 aromatic carbocycles. The van der Waals surface area contributed by atoms with E-state index in [1.165, 1.54) is 12.8 Å². The zero-order chi connectivity index (χ0) is 11.5. The average Bonchev–Trinajstić information content (AvgIpc) is 2.27. The molecule has 2 nitrogen and oxygen atoms in total. The molecule has 0 heterocycles. The Kier molecular flexibility index (Phi) is 4.32. The lowest BCUT2D eigenvalue weighted by molar-refractivity contribution is -0.129. The van der Waals surface area contributed by atoms with Crippen LogP contribution in [0.25, 0.3) is 0 Å². The first-order chi connectivity index (χ1) is 7.03. The highest BCUT2D eigenvalue weighted by Crippen LogP contribution is 2.32. The smallest absolute Gasteiger partial charge is 0.155 e. The Labute approximate surface area is 93.6 Å². The van der Waals surface area contributed by atoms with Gasteiger partial charge in [0, 0.05) is 5.92 Å². The van der Waals surface area contributed by atoms with Crippen molar-refractivity contribution in [1.29, 1.82) is 0 Å². The summed E-state index contributed by atoms with van der Waals surface area (Å²) in [5, 5.41) is 0. The summed E-state index contributed by atoms with van der Waals surface area (Å²) >= 11 is 0. The van der Waals surface area contributed by atoms with Crippen molar-refractivity contribution >= 4 is 5.78 Å². The normalized spacial score (nSPS) is 27.7. The van der Waals surface area contributed by atoms with E-state index in [4.69, 9.17) is 5.73 Å². The Morgan fingerprint density at radius 1 is 1.33 bits per heavy atom. The van der Waals surface area contributed by atoms with Crippen molar-refractivity contribution in [3.63, 3.8) is 0 Å². The third kappa shape index (κ3) is 2.81. The molecule has 15 heavy (non-hydrogen) atoms. The van der Waals surface area contributed by atoms with E-state index in [-0.39, 0.29) is 5.92 Å². The summed E-state index contributed by atoms with van der Waals surface area (Å²) in [5.41, 5.74) is 5.61. The first-order valence-electron chi connectivity index (χ1n) is 6.36. The molecule has 0 saturated heterocycles. The molecule has 2 atom stereocenters. The Bertz CT molecular complexity index is 221. The Morgan fingerprint density at radius 2 is 1.93 bits per heavy atom. The van der Waals surface area contributed by atoms with Crippen LogP contribution in [0.2, 0.25) is 0 Å². The molecule has 0 aliphatic heterocycles. The van der Waals surface area contributed by atoms with Crippen molar-refractivity contribution in [1.82, 2.24) is 0 Å². The van der Waals surface area contributed by atoms with E-state index < -0.39 is 5.54 Å². The minimum Gasteiger partial charge on any atom is -0.319 e. The monoisotopic (exact) mass is 211 g/mol. The third-order valence-electron chi connectivity index (χ3n) is 4.06. The molecule has 1 aliphatic rings. The molecule has 1 rings (SSSR count). The van der Waals surface area contributed by atoms with E-state index >= 15 is 0 Å². The van der Waals surface area contributed by atoms with Crippen LogP contribution in [0.15, 0.2) is 0 Å². The predicted molar refractivity (Wildman–Crippen MR) is 63.6 cm³/mol. The molecule has 1 aliphatic carbocycles. The summed E-state index contributed by atoms with van der Waals surface area (Å²) in [6.07, 6.45) is 6.13. The average molecular weight is 211 g/mol. The minimum atomic E-state index is -0.554. The fourth-order valence-corrected chi connectivity index (χ4v) is 2.68. The lowest BCUT2D eigenvalue weighted by Gasteiger charge is -2.33. The summed E-state index contributed by atoms with van der Waals surface area (Å²) < 4.78 is 0. The van der Waals surface area contributed by atoms with Crippen molar-refractivity contribution in [2.24, 2.45) is 17.6 Å². The lowest BCUT2D eigenvalue weighted by atomic mass is 9.73. The van der Waals surface area contributed by atoms with Gasteiger partial charge in [0.05, 0.1) is 5.54 Å². The molecular formula is C13H25NO. The molecule has 0 amide bonds. The van der Waals surface area contributed by atoms with Crippen LogP contribution >= 0.6 is 0 Å². The van der Waals surface area contributed by atoms with Crippen molar-refractivity contribution in [3.8, 4) is 0 Å². The molecule has 0 bridgehead atoms. The van der Waals surface area contributed by atoms with Crippen LogP contribution in [0.3, 0.4) is 0 Å². The van der Waals surface area contributed by atoms with Gasteiger partial charge in [-0.1, -0.05) is 33.6 Å². The number of carbonyl (C=O) groups excluding carboxylic acids is 1. The van der Waals surface area contributed by atoms with Crippen molar-refractivity contribution < 1.29 is 4.79 Å². The van der Waals surface area contributed by atoms with Gasteiger partial charge in [-0.05, 0) is 31.6 Å². The second-order valence-corrected chi connectivity index (χ2v) is 5.20. The standard InChI is InChI=1S/C13H25NO/c1-4-13(14,5-2)12(15)11-8-6-7-10(3)9-11/h10-11H,4-9,14H2,1-3H3. The van der Waals surface area contributed by atoms with Crippen molar-refractivity contribution in [3.05, 3.63) is 0 Å². The first-order valence-corrected chi connectivity index (χ1v) is 6.36. The van der Waals surface area contributed by atoms with Crippen molar-refractivity contribution in [2.45, 2.75) is 64.8 Å². The Morgan fingerprint density at radius 3 is 2.40 bits per heavy atom. The van der Waals surface area contributed by atoms with Gasteiger partial charge < -0.3 is 5.73 Å². The minimum absolute atomic E-state index is 0.235. The zero-order valence-electron chi connectivity index (χ0n) is 10.4. The fourth-order valence-electron chi connectivity index (χ4n) is 2.68. The lowest BCUT2D eigenvalue weighted by Crippen LogP contribution is -2.50. The van der Waals surface area contributed by atoms with E-state index in [0.29, 0.717) is 11.7 Å². The number of hydrogen-bond acceptors (Lipinski definition) is 2. The summed E-state index contributed by atoms with van der Waals surface area (Å²) in [6.45, 7) is 6.29. The SMILES string of the molecule is CCC(N)(CC)C(=O)C1CCCC(C)C1. The molecule has 2 unspecified atom stereocenters. The fraction of sp³-hybridized carbons (Fsp3) is 0.923. The van der Waals surface area contributed by atoms with Gasteiger partial charge in [0.2, 0.25) is 0 Å². The van der Waals surface area contributed by atoms with Crippen LogP contribution in [0.5, 0.6) is 0 Å². The number of Topliss-reactive ketones (excluding diaryl/α,β-unsaturated/α-hetero) is 1. The summed E-state index contributed by atoms with van der Waals surface area (Å²) in [4.78, 5) is 12.3. The molecule has 0 aromatic rings. The highest BCUT2D eigenvalue weighted by molar-refractivity contribution is 5.90. The largest absolute Gasteiger partial charge is 0.319 e. The van der Waals surface area contributed by atoms with Gasteiger partial charge in [-0.2, -0.15) is 0 Å². The van der Waals surface area contributed by atoms with Crippen LogP contribution in [-0.4, -0.2) is 11.3 Å². The van der Waals surface area contributed by atoms with E-state index in [1.54, 1.807) is 0 Å². The number of carbonyl (C=O) groups is 1. The van der Waals surface area contributed by atoms with Crippen LogP contribution in [-0.2, 0) is 4.79 Å². The Hall–Kier alpha value is -0.370. The van der Waals surface area contributed by atoms with Gasteiger partial charge in [0.25, 0.3) is 0 Å². The first kappa shape index (κ1) is 12.7. The van der Waals surface area contributed by atoms with Crippen LogP contribution in [0, 0.1) is 11.8 Å². The number of ketones is 1. The zero-order valence-corrected chi connectivity index (χ0v) is 10.4. The van der Waals surface area contributed by atoms with Crippen molar-refractivity contribution in [2.75, 3.05) is 0 Å². The predicted octanol–water partition coefficient (Wildman–Crippen LogP) is 2.90. The summed E-state index contributed by atoms with van der Waals surface area (Å²) in [5.74, 6) is 1.25. The molecule has 0 aromatic heterocycles. The maximum Gasteiger partial charge on any atom is 0.155 e. The van der Waals surface area contributed by atoms with Crippen LogP contribution in [0.1, 0.15) is 59.3 Å². The summed E-state index contributed by atoms with van der Waals surface area (Å²) in [6, 6.07) is 0. The van der Waals surface area contributed by atoms with Crippen LogP contribution in [0.4, 0.5) is 0 Å². The van der Waals surface area contributed by atoms with Gasteiger partial charge in [-0.3, -0.25) is 4.79 Å². The van der Waals surface area contributed by atoms with Gasteiger partial charge in [-0.25, -0.2) is 0 Å². The number of nitrogens with two attached hydrogens (primary N) is 1. The van der Waals surface area contributed by atoms with E-state index in [0.717, 1.165) is 25.7 Å². The Balaban J connectivity index is 2.66. The van der Waals surface area contributed by atoms with Crippen LogP contribution < -0.4 is 5.73 Å². The second-order valence-electron chi connectivity index (χ2n) is 5.20. The van der Waals surface area contributed by atoms with E-state index in [9.17, 15) is 4.79 Å². The van der Waals surface area contributed by atoms with E-state index in [1.807, 2.05) is 13.8 Å². The molecular weight excluding hydrogens is 186 g/mol. The number of rotatable bonds is 4. The molecule has 1 saturated carbocycles. The maximum atomic E-state index is 12.3. The topological polar surface area (TPSA) is 43.1 Å². The molecule has 88 valence electrons. The molecule has 2 N–H and O–H groups in total. The van der Waals surface area contributed by atoms with Gasteiger partial charge in [0.15, 0.2) is 5.78 Å². The highest BCUT2D eigenvalue weighted by atomic mass is 16.1. The summed E-state index contributed by atoms with van der Waals surface area (Å²) in [7, 11) is 0. The molecule has 0 spiro atoms. The quantitative estimate of drug-likeness (QED) is 0.777. The van der Waals surface area contributed by atoms with Gasteiger partial charge in [0.1, 0.15) is 0 Å². The van der Waals surface area contributed by atoms with Gasteiger partial charge in [-0.15, -0.1) is 0 Å². The second kappa shape index (κ2) is 5.11. The number of hydrogen-bond donors (Lipinski definition) is 1. The molecule has 1 fully saturated rings. The van der Waals surface area contributed by atoms with E-state index in [2.05, 4.69) is 6.92 Å². The van der Waals surface area contributed by atoms with Gasteiger partial charge >= 0.3 is 0 Å². The third-order valence-corrected chi connectivity index (χ3v) is 4.06. The molecule has 0 radical (unpaired) electrons. The maximum absolute atomic E-state index is 12.3. The highest BCUT2D eigenvalue weighted by Gasteiger charge is 2.36. The molecule has 2 heteroatoms.